The van der Waals surface area contributed by atoms with Crippen molar-refractivity contribution in [3.63, 3.8) is 0 Å². The molecule has 296 valence electrons. The second kappa shape index (κ2) is 11.4. The Bertz CT molecular complexity index is 4900. The Kier molecular flexibility index (Phi) is 5.80. The van der Waals surface area contributed by atoms with Gasteiger partial charge in [-0.3, -0.25) is 4.57 Å². The molecule has 17 rings (SSSR count). The van der Waals surface area contributed by atoms with Gasteiger partial charge < -0.3 is 4.40 Å². The van der Waals surface area contributed by atoms with Crippen LogP contribution >= 0.6 is 11.3 Å². The van der Waals surface area contributed by atoms with Crippen molar-refractivity contribution < 1.29 is 0 Å². The molecule has 5 nitrogen and oxygen atoms in total. The monoisotopic (exact) mass is 839 g/mol. The van der Waals surface area contributed by atoms with Gasteiger partial charge in [-0.15, -0.1) is 11.3 Å². The summed E-state index contributed by atoms with van der Waals surface area (Å²) in [5.74, 6) is 1.89. The van der Waals surface area contributed by atoms with Crippen molar-refractivity contribution >= 4 is 145 Å². The first kappa shape index (κ1) is 33.2. The molecule has 0 spiro atoms. The number of rotatable bonds is 3. The zero-order chi connectivity index (χ0) is 41.8. The maximum atomic E-state index is 5.60. The number of hydrogen-bond donors (Lipinski definition) is 0. The molecular formula is C59H29N5S. The van der Waals surface area contributed by atoms with Gasteiger partial charge >= 0.3 is 0 Å². The zero-order valence-electron chi connectivity index (χ0n) is 34.4. The molecule has 0 saturated heterocycles. The highest BCUT2D eigenvalue weighted by molar-refractivity contribution is 7.26. The molecular weight excluding hydrogens is 811 g/mol. The molecule has 0 aliphatic rings. The van der Waals surface area contributed by atoms with Crippen LogP contribution in [0.1, 0.15) is 0 Å². The van der Waals surface area contributed by atoms with E-state index in [0.717, 1.165) is 27.5 Å². The first-order valence-corrected chi connectivity index (χ1v) is 23.0. The molecule has 6 heterocycles. The van der Waals surface area contributed by atoms with Crippen LogP contribution in [0.25, 0.3) is 163 Å². The summed E-state index contributed by atoms with van der Waals surface area (Å²) >= 11 is 1.83. The van der Waals surface area contributed by atoms with Gasteiger partial charge in [-0.05, 0) is 79.5 Å². The molecule has 0 fully saturated rings. The fourth-order valence-electron chi connectivity index (χ4n) is 12.0. The smallest absolute Gasteiger partial charge is 0.238 e. The standard InChI is InChI=1S/C59H29N5S/c1-2-9-34-29-48-44(28-33(34)8-1)51-43(13-6-14-47(51)65-48)58-60-57(36-20-22-38-35(27-36)18-15-30-7-3-4-10-37(30)38)61-59(62-58)63-45-25-21-31-16-17-32-19-23-41-39-11-5-12-40-42-24-26-46(63)53-52(45)49(31)50(32)55(41)64(54(39)40)56(42)53/h1-29H. The quantitative estimate of drug-likeness (QED) is 0.167. The van der Waals surface area contributed by atoms with E-state index in [0.29, 0.717) is 17.6 Å². The summed E-state index contributed by atoms with van der Waals surface area (Å²) in [6.07, 6.45) is 0. The second-order valence-corrected chi connectivity index (χ2v) is 19.0. The number of para-hydroxylation sites is 1. The predicted octanol–water partition coefficient (Wildman–Crippen LogP) is 15.9. The molecule has 0 radical (unpaired) electrons. The Hall–Kier alpha value is -8.45. The van der Waals surface area contributed by atoms with Crippen molar-refractivity contribution in [2.75, 3.05) is 0 Å². The largest absolute Gasteiger partial charge is 0.307 e. The van der Waals surface area contributed by atoms with Gasteiger partial charge in [0.1, 0.15) is 0 Å². The molecule has 0 saturated carbocycles. The average molecular weight is 840 g/mol. The van der Waals surface area contributed by atoms with Crippen LogP contribution in [-0.4, -0.2) is 23.9 Å². The Morgan fingerprint density at radius 2 is 0.954 bits per heavy atom. The summed E-state index contributed by atoms with van der Waals surface area (Å²) in [4.78, 5) is 16.6. The third kappa shape index (κ3) is 4.00. The van der Waals surface area contributed by atoms with E-state index < -0.39 is 0 Å². The number of thiophene rings is 1. The molecule has 0 aliphatic carbocycles. The minimum Gasteiger partial charge on any atom is -0.307 e. The predicted molar refractivity (Wildman–Crippen MR) is 274 cm³/mol. The van der Waals surface area contributed by atoms with E-state index in [4.69, 9.17) is 15.0 Å². The molecule has 0 N–H and O–H groups in total. The molecule has 6 heteroatoms. The molecule has 0 amide bonds. The van der Waals surface area contributed by atoms with Gasteiger partial charge in [0.15, 0.2) is 11.6 Å². The fraction of sp³-hybridized carbons (Fsp3) is 0. The van der Waals surface area contributed by atoms with Crippen LogP contribution < -0.4 is 0 Å². The van der Waals surface area contributed by atoms with Crippen LogP contribution in [0.3, 0.4) is 0 Å². The summed E-state index contributed by atoms with van der Waals surface area (Å²) < 4.78 is 7.36. The normalized spacial score (nSPS) is 12.9. The Morgan fingerprint density at radius 1 is 0.338 bits per heavy atom. The Balaban J connectivity index is 1.02. The van der Waals surface area contributed by atoms with Gasteiger partial charge in [0.2, 0.25) is 5.95 Å². The highest BCUT2D eigenvalue weighted by atomic mass is 32.1. The van der Waals surface area contributed by atoms with E-state index in [-0.39, 0.29) is 0 Å². The topological polar surface area (TPSA) is 48.0 Å². The molecule has 6 aromatic heterocycles. The van der Waals surface area contributed by atoms with Crippen molar-refractivity contribution in [2.24, 2.45) is 0 Å². The van der Waals surface area contributed by atoms with Gasteiger partial charge in [-0.2, -0.15) is 9.97 Å². The summed E-state index contributed by atoms with van der Waals surface area (Å²) in [6, 6.07) is 64.8. The van der Waals surface area contributed by atoms with Crippen LogP contribution in [0.5, 0.6) is 0 Å². The van der Waals surface area contributed by atoms with Crippen molar-refractivity contribution in [2.45, 2.75) is 0 Å². The van der Waals surface area contributed by atoms with Gasteiger partial charge in [0, 0.05) is 74.4 Å². The molecule has 65 heavy (non-hydrogen) atoms. The summed E-state index contributed by atoms with van der Waals surface area (Å²) in [7, 11) is 0. The van der Waals surface area contributed by atoms with Crippen molar-refractivity contribution in [1.82, 2.24) is 23.9 Å². The average Bonchev–Trinajstić information content (AvgIpc) is 4.08. The maximum Gasteiger partial charge on any atom is 0.238 e. The van der Waals surface area contributed by atoms with E-state index in [2.05, 4.69) is 185 Å². The molecule has 17 aromatic rings. The zero-order valence-corrected chi connectivity index (χ0v) is 35.2. The van der Waals surface area contributed by atoms with E-state index >= 15 is 0 Å². The van der Waals surface area contributed by atoms with Crippen LogP contribution in [0.4, 0.5) is 0 Å². The summed E-state index contributed by atoms with van der Waals surface area (Å²) in [5.41, 5.74) is 7.96. The lowest BCUT2D eigenvalue weighted by atomic mass is 9.96. The van der Waals surface area contributed by atoms with Crippen LogP contribution in [-0.2, 0) is 0 Å². The van der Waals surface area contributed by atoms with Crippen molar-refractivity contribution in [3.05, 3.63) is 176 Å². The molecule has 0 aliphatic heterocycles. The van der Waals surface area contributed by atoms with E-state index in [9.17, 15) is 0 Å². The first-order valence-electron chi connectivity index (χ1n) is 22.2. The third-order valence-electron chi connectivity index (χ3n) is 14.7. The number of nitrogens with zero attached hydrogens (tertiary/aromatic N) is 5. The maximum absolute atomic E-state index is 5.60. The molecule has 0 atom stereocenters. The lowest BCUT2D eigenvalue weighted by molar-refractivity contribution is 0.955. The van der Waals surface area contributed by atoms with Gasteiger partial charge in [-0.1, -0.05) is 140 Å². The molecule has 0 bridgehead atoms. The first-order chi connectivity index (χ1) is 32.2. The van der Waals surface area contributed by atoms with E-state index in [1.165, 1.54) is 118 Å². The second-order valence-electron chi connectivity index (χ2n) is 17.9. The minimum atomic E-state index is 0.601. The van der Waals surface area contributed by atoms with Crippen LogP contribution in [0.15, 0.2) is 176 Å². The minimum absolute atomic E-state index is 0.601. The lowest BCUT2D eigenvalue weighted by Gasteiger charge is -2.13. The third-order valence-corrected chi connectivity index (χ3v) is 15.8. The highest BCUT2D eigenvalue weighted by Gasteiger charge is 2.29. The fourth-order valence-corrected chi connectivity index (χ4v) is 13.2. The number of benzene rings is 11. The van der Waals surface area contributed by atoms with Crippen molar-refractivity contribution in [3.8, 4) is 28.7 Å². The van der Waals surface area contributed by atoms with Crippen LogP contribution in [0.2, 0.25) is 0 Å². The number of hydrogen-bond acceptors (Lipinski definition) is 4. The SMILES string of the molecule is c1ccc2cc3c(cc2c1)sc1cccc(-c2nc(-c4ccc5c(ccc6ccccc65)c4)nc(-n4c5ccc6ccc7ccc8c9cccc%10c%11ccc4c4c5c6c7c8n(c9%10)c%114)n2)c13. The van der Waals surface area contributed by atoms with Crippen LogP contribution in [0, 0.1) is 0 Å². The number of fused-ring (bicyclic) bond motifs is 9. The summed E-state index contributed by atoms with van der Waals surface area (Å²) in [6.45, 7) is 0. The highest BCUT2D eigenvalue weighted by Crippen LogP contribution is 2.51. The molecule has 11 aromatic carbocycles. The van der Waals surface area contributed by atoms with Crippen molar-refractivity contribution in [1.29, 1.82) is 0 Å². The van der Waals surface area contributed by atoms with Gasteiger partial charge in [0.25, 0.3) is 0 Å². The molecule has 0 unspecified atom stereocenters. The van der Waals surface area contributed by atoms with Gasteiger partial charge in [0.05, 0.1) is 27.6 Å². The van der Waals surface area contributed by atoms with E-state index in [1.54, 1.807) is 0 Å². The van der Waals surface area contributed by atoms with E-state index in [1.807, 2.05) is 11.3 Å². The summed E-state index contributed by atoms with van der Waals surface area (Å²) in [5, 5.41) is 22.4. The Morgan fingerprint density at radius 3 is 1.85 bits per heavy atom. The van der Waals surface area contributed by atoms with Gasteiger partial charge in [-0.25, -0.2) is 4.98 Å². The number of aromatic nitrogens is 5. The Labute approximate surface area is 372 Å². The lowest BCUT2D eigenvalue weighted by Crippen LogP contribution is -2.06.